The zero-order valence-electron chi connectivity index (χ0n) is 17.2. The SMILES string of the molecule is Cn1c(NC(=O)c2cccc(NN3C(=O)[C@H]4CC=CC[C@H]4C3=O)c2)nc2cc(Cl)ccc21. The van der Waals surface area contributed by atoms with Gasteiger partial charge in [0.2, 0.25) is 5.95 Å². The van der Waals surface area contributed by atoms with E-state index in [0.717, 1.165) is 10.5 Å². The van der Waals surface area contributed by atoms with E-state index < -0.39 is 0 Å². The molecule has 32 heavy (non-hydrogen) atoms. The topological polar surface area (TPSA) is 96.3 Å². The molecular weight excluding hydrogens is 430 g/mol. The van der Waals surface area contributed by atoms with Crippen molar-refractivity contribution < 1.29 is 14.4 Å². The molecule has 0 spiro atoms. The summed E-state index contributed by atoms with van der Waals surface area (Å²) in [4.78, 5) is 42.6. The van der Waals surface area contributed by atoms with Gasteiger partial charge in [0, 0.05) is 17.6 Å². The first-order chi connectivity index (χ1) is 15.4. The molecule has 8 nitrogen and oxygen atoms in total. The van der Waals surface area contributed by atoms with Gasteiger partial charge in [-0.1, -0.05) is 29.8 Å². The number of allylic oxidation sites excluding steroid dienone is 2. The Morgan fingerprint density at radius 1 is 1.06 bits per heavy atom. The van der Waals surface area contributed by atoms with Crippen molar-refractivity contribution in [3.05, 3.63) is 65.2 Å². The minimum atomic E-state index is -0.366. The number of anilines is 2. The first kappa shape index (κ1) is 20.3. The lowest BCUT2D eigenvalue weighted by Gasteiger charge is -2.17. The Kier molecular flexibility index (Phi) is 4.94. The van der Waals surface area contributed by atoms with Crippen LogP contribution in [0.3, 0.4) is 0 Å². The maximum Gasteiger partial charge on any atom is 0.258 e. The Morgan fingerprint density at radius 2 is 1.78 bits per heavy atom. The molecule has 0 bridgehead atoms. The highest BCUT2D eigenvalue weighted by Crippen LogP contribution is 2.35. The zero-order chi connectivity index (χ0) is 22.4. The Morgan fingerprint density at radius 3 is 2.50 bits per heavy atom. The van der Waals surface area contributed by atoms with Crippen molar-refractivity contribution in [1.82, 2.24) is 14.6 Å². The third kappa shape index (κ3) is 3.42. The molecule has 0 radical (unpaired) electrons. The molecule has 1 aliphatic heterocycles. The summed E-state index contributed by atoms with van der Waals surface area (Å²) in [6.07, 6.45) is 5.02. The Hall–Kier alpha value is -3.65. The van der Waals surface area contributed by atoms with Gasteiger partial charge in [0.25, 0.3) is 17.7 Å². The van der Waals surface area contributed by atoms with Gasteiger partial charge in [-0.15, -0.1) is 0 Å². The number of nitrogens with zero attached hydrogens (tertiary/aromatic N) is 3. The number of rotatable bonds is 4. The molecule has 2 aliphatic rings. The van der Waals surface area contributed by atoms with E-state index in [-0.39, 0.29) is 29.6 Å². The highest BCUT2D eigenvalue weighted by Gasteiger charge is 2.47. The predicted octanol–water partition coefficient (Wildman–Crippen LogP) is 3.76. The number of hydrogen-bond donors (Lipinski definition) is 2. The number of halogens is 1. The van der Waals surface area contributed by atoms with Gasteiger partial charge >= 0.3 is 0 Å². The van der Waals surface area contributed by atoms with Crippen LogP contribution in [0.25, 0.3) is 11.0 Å². The second-order valence-electron chi connectivity index (χ2n) is 7.94. The summed E-state index contributed by atoms with van der Waals surface area (Å²) in [6.45, 7) is 0. The summed E-state index contributed by atoms with van der Waals surface area (Å²) in [5, 5.41) is 4.44. The summed E-state index contributed by atoms with van der Waals surface area (Å²) in [7, 11) is 1.80. The first-order valence-electron chi connectivity index (χ1n) is 10.3. The average Bonchev–Trinajstić information content (AvgIpc) is 3.22. The summed E-state index contributed by atoms with van der Waals surface area (Å²) in [5.74, 6) is -1.10. The monoisotopic (exact) mass is 449 g/mol. The molecule has 3 amide bonds. The number of aryl methyl sites for hydroxylation is 1. The highest BCUT2D eigenvalue weighted by atomic mass is 35.5. The van der Waals surface area contributed by atoms with Crippen LogP contribution in [-0.4, -0.2) is 32.3 Å². The lowest BCUT2D eigenvalue weighted by molar-refractivity contribution is -0.138. The van der Waals surface area contributed by atoms with Crippen LogP contribution in [0, 0.1) is 11.8 Å². The fourth-order valence-corrected chi connectivity index (χ4v) is 4.39. The molecule has 1 saturated heterocycles. The number of benzene rings is 2. The smallest absolute Gasteiger partial charge is 0.258 e. The summed E-state index contributed by atoms with van der Waals surface area (Å²) in [6, 6.07) is 12.0. The van der Waals surface area contributed by atoms with E-state index in [0.29, 0.717) is 40.6 Å². The number of aromatic nitrogens is 2. The molecule has 9 heteroatoms. The van der Waals surface area contributed by atoms with Crippen molar-refractivity contribution in [3.8, 4) is 0 Å². The van der Waals surface area contributed by atoms with E-state index in [4.69, 9.17) is 11.6 Å². The standard InChI is InChI=1S/C23H20ClN5O3/c1-28-19-10-9-14(24)12-18(19)25-23(28)26-20(30)13-5-4-6-15(11-13)27-29-21(31)16-7-2-3-8-17(16)22(29)32/h2-6,9-12,16-17,27H,7-8H2,1H3,(H,25,26,30)/t16-,17+. The van der Waals surface area contributed by atoms with E-state index >= 15 is 0 Å². The normalized spacial score (nSPS) is 20.0. The maximum atomic E-state index is 12.9. The van der Waals surface area contributed by atoms with Crippen LogP contribution < -0.4 is 10.7 Å². The van der Waals surface area contributed by atoms with Gasteiger partial charge < -0.3 is 4.57 Å². The first-order valence-corrected chi connectivity index (χ1v) is 10.6. The number of carbonyl (C=O) groups excluding carboxylic acids is 3. The molecule has 2 atom stereocenters. The Labute approximate surface area is 188 Å². The van der Waals surface area contributed by atoms with E-state index in [1.54, 1.807) is 48.0 Å². The van der Waals surface area contributed by atoms with Gasteiger partial charge in [-0.05, 0) is 49.2 Å². The van der Waals surface area contributed by atoms with Gasteiger partial charge in [0.05, 0.1) is 28.6 Å². The molecule has 0 unspecified atom stereocenters. The molecule has 5 rings (SSSR count). The second-order valence-corrected chi connectivity index (χ2v) is 8.38. The van der Waals surface area contributed by atoms with E-state index in [9.17, 15) is 14.4 Å². The summed E-state index contributed by atoms with van der Waals surface area (Å²) >= 11 is 6.03. The largest absolute Gasteiger partial charge is 0.313 e. The Balaban J connectivity index is 1.34. The fourth-order valence-electron chi connectivity index (χ4n) is 4.23. The van der Waals surface area contributed by atoms with Crippen LogP contribution in [0.4, 0.5) is 11.6 Å². The van der Waals surface area contributed by atoms with Gasteiger partial charge in [-0.2, -0.15) is 5.01 Å². The molecule has 3 aromatic rings. The third-order valence-corrected chi connectivity index (χ3v) is 6.18. The van der Waals surface area contributed by atoms with Crippen LogP contribution in [0.1, 0.15) is 23.2 Å². The molecule has 162 valence electrons. The van der Waals surface area contributed by atoms with Crippen molar-refractivity contribution in [2.45, 2.75) is 12.8 Å². The van der Waals surface area contributed by atoms with E-state index in [1.807, 2.05) is 18.2 Å². The number of hydrazine groups is 1. The zero-order valence-corrected chi connectivity index (χ0v) is 18.0. The molecular formula is C23H20ClN5O3. The molecule has 1 aliphatic carbocycles. The van der Waals surface area contributed by atoms with Crippen molar-refractivity contribution in [1.29, 1.82) is 0 Å². The van der Waals surface area contributed by atoms with Crippen molar-refractivity contribution in [3.63, 3.8) is 0 Å². The van der Waals surface area contributed by atoms with E-state index in [2.05, 4.69) is 15.7 Å². The molecule has 0 saturated carbocycles. The molecule has 2 aromatic carbocycles. The van der Waals surface area contributed by atoms with Crippen LogP contribution in [0.2, 0.25) is 5.02 Å². The molecule has 1 fully saturated rings. The van der Waals surface area contributed by atoms with Crippen molar-refractivity contribution in [2.24, 2.45) is 18.9 Å². The summed E-state index contributed by atoms with van der Waals surface area (Å²) in [5.41, 5.74) is 5.23. The van der Waals surface area contributed by atoms with Crippen molar-refractivity contribution >= 4 is 52.0 Å². The van der Waals surface area contributed by atoms with E-state index in [1.165, 1.54) is 0 Å². The minimum Gasteiger partial charge on any atom is -0.313 e. The molecule has 2 N–H and O–H groups in total. The Bertz CT molecular complexity index is 1270. The lowest BCUT2D eigenvalue weighted by atomic mass is 9.85. The lowest BCUT2D eigenvalue weighted by Crippen LogP contribution is -2.36. The summed E-state index contributed by atoms with van der Waals surface area (Å²) < 4.78 is 1.77. The molecule has 2 heterocycles. The van der Waals surface area contributed by atoms with Gasteiger partial charge in [0.15, 0.2) is 0 Å². The number of imide groups is 1. The highest BCUT2D eigenvalue weighted by molar-refractivity contribution is 6.31. The maximum absolute atomic E-state index is 12.9. The number of nitrogens with one attached hydrogen (secondary N) is 2. The number of carbonyl (C=O) groups is 3. The predicted molar refractivity (Wildman–Crippen MR) is 121 cm³/mol. The third-order valence-electron chi connectivity index (χ3n) is 5.94. The van der Waals surface area contributed by atoms with Gasteiger partial charge in [0.1, 0.15) is 0 Å². The number of hydrogen-bond acceptors (Lipinski definition) is 5. The second kappa shape index (κ2) is 7.80. The van der Waals surface area contributed by atoms with Crippen molar-refractivity contribution in [2.75, 3.05) is 10.7 Å². The number of imidazole rings is 1. The number of fused-ring (bicyclic) bond motifs is 2. The van der Waals surface area contributed by atoms with Crippen LogP contribution in [0.5, 0.6) is 0 Å². The molecule has 1 aromatic heterocycles. The average molecular weight is 450 g/mol. The number of amides is 3. The van der Waals surface area contributed by atoms with Gasteiger partial charge in [-0.3, -0.25) is 25.1 Å². The quantitative estimate of drug-likeness (QED) is 0.467. The van der Waals surface area contributed by atoms with Crippen LogP contribution in [0.15, 0.2) is 54.6 Å². The fraction of sp³-hybridized carbons (Fsp3) is 0.217. The van der Waals surface area contributed by atoms with Gasteiger partial charge in [-0.25, -0.2) is 4.98 Å². The minimum absolute atomic E-state index is 0.238. The van der Waals surface area contributed by atoms with Crippen LogP contribution >= 0.6 is 11.6 Å². The van der Waals surface area contributed by atoms with Crippen LogP contribution in [-0.2, 0) is 16.6 Å².